The number of aromatic nitrogens is 3. The molecule has 0 bridgehead atoms. The van der Waals surface area contributed by atoms with Crippen LogP contribution in [-0.4, -0.2) is 61.6 Å². The minimum Gasteiger partial charge on any atom is -0.388 e. The zero-order valence-electron chi connectivity index (χ0n) is 28.3. The van der Waals surface area contributed by atoms with Crippen molar-refractivity contribution < 1.29 is 14.7 Å². The Labute approximate surface area is 296 Å². The van der Waals surface area contributed by atoms with Gasteiger partial charge in [-0.25, -0.2) is 4.98 Å². The van der Waals surface area contributed by atoms with Gasteiger partial charge in [0, 0.05) is 47.7 Å². The summed E-state index contributed by atoms with van der Waals surface area (Å²) in [7, 11) is 0. The summed E-state index contributed by atoms with van der Waals surface area (Å²) in [5.41, 5.74) is 5.43. The molecule has 1 unspecified atom stereocenters. The molecule has 50 heavy (non-hydrogen) atoms. The number of carbonyl (C=O) groups is 2. The number of hydrogen-bond acceptors (Lipinski definition) is 6. The molecule has 1 aliphatic heterocycles. The van der Waals surface area contributed by atoms with Gasteiger partial charge in [0.1, 0.15) is 0 Å². The highest BCUT2D eigenvalue weighted by molar-refractivity contribution is 6.31. The molecule has 9 nitrogen and oxygen atoms in total. The van der Waals surface area contributed by atoms with Gasteiger partial charge in [0.05, 0.1) is 34.9 Å². The third-order valence-corrected chi connectivity index (χ3v) is 10.8. The Morgan fingerprint density at radius 3 is 2.54 bits per heavy atom. The van der Waals surface area contributed by atoms with E-state index in [4.69, 9.17) is 16.6 Å². The average Bonchev–Trinajstić information content (AvgIpc) is 3.13. The minimum absolute atomic E-state index is 0.00736. The van der Waals surface area contributed by atoms with Crippen molar-refractivity contribution in [2.24, 2.45) is 0 Å². The molecule has 2 aromatic heterocycles. The van der Waals surface area contributed by atoms with E-state index >= 15 is 0 Å². The fraction of sp³-hybridized carbons (Fsp3) is 0.375. The standard InChI is InChI=1S/C40H42ClN5O4/c1-26-31-9-5-6-10-34(31)44-36-21-29(11-13-32(26)36)38(48)42-18-15-28(27-7-3-2-4-8-27)22-37(47)45-19-16-40(50,17-20-45)24-46-25-43-35-23-30(41)12-14-33(35)39(46)49/h2-4,7-8,11-14,21,23,25,28,50H,5-6,9-10,15-20,22,24H2,1H3,(H,42,48). The molecule has 258 valence electrons. The Balaban J connectivity index is 0.968. The van der Waals surface area contributed by atoms with Gasteiger partial charge in [0.25, 0.3) is 11.5 Å². The number of rotatable bonds is 9. The van der Waals surface area contributed by atoms with E-state index in [1.807, 2.05) is 48.5 Å². The van der Waals surface area contributed by atoms with Crippen LogP contribution in [0.25, 0.3) is 21.8 Å². The summed E-state index contributed by atoms with van der Waals surface area (Å²) in [6.45, 7) is 3.45. The Morgan fingerprint density at radius 2 is 1.74 bits per heavy atom. The van der Waals surface area contributed by atoms with Gasteiger partial charge in [-0.05, 0) is 105 Å². The van der Waals surface area contributed by atoms with Gasteiger partial charge >= 0.3 is 0 Å². The fourth-order valence-corrected chi connectivity index (χ4v) is 7.78. The number of benzene rings is 3. The number of amides is 2. The number of fused-ring (bicyclic) bond motifs is 3. The molecule has 3 heterocycles. The van der Waals surface area contributed by atoms with Gasteiger partial charge in [-0.1, -0.05) is 48.0 Å². The van der Waals surface area contributed by atoms with Crippen molar-refractivity contribution in [3.8, 4) is 0 Å². The molecule has 1 atom stereocenters. The van der Waals surface area contributed by atoms with Crippen LogP contribution >= 0.6 is 11.6 Å². The number of likely N-dealkylation sites (tertiary alicyclic amines) is 1. The molecule has 2 N–H and O–H groups in total. The van der Waals surface area contributed by atoms with E-state index in [-0.39, 0.29) is 29.8 Å². The third-order valence-electron chi connectivity index (χ3n) is 10.6. The van der Waals surface area contributed by atoms with E-state index < -0.39 is 5.60 Å². The van der Waals surface area contributed by atoms with E-state index in [1.54, 1.807) is 23.1 Å². The lowest BCUT2D eigenvalue weighted by molar-refractivity contribution is -0.136. The van der Waals surface area contributed by atoms with E-state index in [1.165, 1.54) is 28.4 Å². The lowest BCUT2D eigenvalue weighted by Crippen LogP contribution is -2.49. The van der Waals surface area contributed by atoms with E-state index in [0.29, 0.717) is 66.8 Å². The molecule has 7 rings (SSSR count). The number of hydrogen-bond donors (Lipinski definition) is 2. The quantitative estimate of drug-likeness (QED) is 0.192. The van der Waals surface area contributed by atoms with Crippen LogP contribution in [0.3, 0.4) is 0 Å². The van der Waals surface area contributed by atoms with Crippen LogP contribution in [0.1, 0.15) is 77.2 Å². The summed E-state index contributed by atoms with van der Waals surface area (Å²) in [6.07, 6.45) is 7.44. The van der Waals surface area contributed by atoms with Crippen molar-refractivity contribution in [1.82, 2.24) is 24.8 Å². The maximum atomic E-state index is 13.6. The number of pyridine rings is 1. The van der Waals surface area contributed by atoms with Crippen LogP contribution in [0, 0.1) is 6.92 Å². The highest BCUT2D eigenvalue weighted by Gasteiger charge is 2.35. The zero-order chi connectivity index (χ0) is 34.8. The number of halogens is 1. The highest BCUT2D eigenvalue weighted by atomic mass is 35.5. The minimum atomic E-state index is -1.14. The first kappa shape index (κ1) is 33.9. The second-order valence-electron chi connectivity index (χ2n) is 13.9. The number of aryl methyl sites for hydroxylation is 2. The van der Waals surface area contributed by atoms with Gasteiger partial charge < -0.3 is 15.3 Å². The molecule has 1 fully saturated rings. The number of nitrogens with zero attached hydrogens (tertiary/aromatic N) is 4. The van der Waals surface area contributed by atoms with Crippen molar-refractivity contribution in [3.63, 3.8) is 0 Å². The molecule has 0 spiro atoms. The second kappa shape index (κ2) is 14.3. The van der Waals surface area contributed by atoms with Gasteiger partial charge in [-0.15, -0.1) is 0 Å². The van der Waals surface area contributed by atoms with Crippen molar-refractivity contribution in [3.05, 3.63) is 116 Å². The predicted molar refractivity (Wildman–Crippen MR) is 196 cm³/mol. The number of carbonyl (C=O) groups excluding carboxylic acids is 2. The van der Waals surface area contributed by atoms with Crippen molar-refractivity contribution in [2.45, 2.75) is 76.4 Å². The number of piperidine rings is 1. The predicted octanol–water partition coefficient (Wildman–Crippen LogP) is 6.13. The largest absolute Gasteiger partial charge is 0.388 e. The average molecular weight is 692 g/mol. The first-order valence-corrected chi connectivity index (χ1v) is 18.0. The summed E-state index contributed by atoms with van der Waals surface area (Å²) in [6, 6.07) is 20.7. The van der Waals surface area contributed by atoms with Gasteiger partial charge in [-0.2, -0.15) is 0 Å². The van der Waals surface area contributed by atoms with Crippen molar-refractivity contribution in [2.75, 3.05) is 19.6 Å². The Hall–Kier alpha value is -4.60. The molecule has 0 radical (unpaired) electrons. The van der Waals surface area contributed by atoms with Crippen LogP contribution in [0.5, 0.6) is 0 Å². The van der Waals surface area contributed by atoms with E-state index in [0.717, 1.165) is 41.4 Å². The monoisotopic (exact) mass is 691 g/mol. The Kier molecular flexibility index (Phi) is 9.71. The van der Waals surface area contributed by atoms with Crippen LogP contribution < -0.4 is 10.9 Å². The summed E-state index contributed by atoms with van der Waals surface area (Å²) >= 11 is 6.05. The maximum Gasteiger partial charge on any atom is 0.261 e. The molecular formula is C40H42ClN5O4. The SMILES string of the molecule is Cc1c2c(nc3cc(C(=O)NCCC(CC(=O)N4CCC(O)(Cn5cnc6cc(Cl)ccc6c5=O)CC4)c4ccccc4)ccc13)CCCC2. The van der Waals surface area contributed by atoms with Crippen molar-refractivity contribution in [1.29, 1.82) is 0 Å². The molecule has 1 aliphatic carbocycles. The zero-order valence-corrected chi connectivity index (χ0v) is 29.1. The fourth-order valence-electron chi connectivity index (χ4n) is 7.61. The van der Waals surface area contributed by atoms with Gasteiger partial charge in [-0.3, -0.25) is 23.9 Å². The normalized spacial score (nSPS) is 16.3. The smallest absolute Gasteiger partial charge is 0.261 e. The van der Waals surface area contributed by atoms with Crippen LogP contribution in [0.2, 0.25) is 5.02 Å². The molecule has 5 aromatic rings. The second-order valence-corrected chi connectivity index (χ2v) is 14.3. The maximum absolute atomic E-state index is 13.6. The summed E-state index contributed by atoms with van der Waals surface area (Å²) in [5.74, 6) is -0.233. The van der Waals surface area contributed by atoms with Crippen molar-refractivity contribution >= 4 is 45.2 Å². The van der Waals surface area contributed by atoms with Crippen LogP contribution in [0.4, 0.5) is 0 Å². The molecule has 1 saturated heterocycles. The molecule has 3 aromatic carbocycles. The van der Waals surface area contributed by atoms with E-state index in [2.05, 4.69) is 17.2 Å². The molecule has 2 amide bonds. The Bertz CT molecular complexity index is 2120. The van der Waals surface area contributed by atoms with Crippen LogP contribution in [0.15, 0.2) is 77.9 Å². The molecule has 2 aliphatic rings. The molecular weight excluding hydrogens is 650 g/mol. The lowest BCUT2D eigenvalue weighted by Gasteiger charge is -2.39. The summed E-state index contributed by atoms with van der Waals surface area (Å²) in [4.78, 5) is 51.1. The summed E-state index contributed by atoms with van der Waals surface area (Å²) in [5, 5.41) is 16.6. The molecule has 0 saturated carbocycles. The first-order chi connectivity index (χ1) is 24.2. The van der Waals surface area contributed by atoms with Gasteiger partial charge in [0.2, 0.25) is 5.91 Å². The number of aliphatic hydroxyl groups is 1. The first-order valence-electron chi connectivity index (χ1n) is 17.6. The van der Waals surface area contributed by atoms with Gasteiger partial charge in [0.15, 0.2) is 0 Å². The number of nitrogens with one attached hydrogen (secondary N) is 1. The van der Waals surface area contributed by atoms with E-state index in [9.17, 15) is 19.5 Å². The topological polar surface area (TPSA) is 117 Å². The third kappa shape index (κ3) is 7.16. The van der Waals surface area contributed by atoms with Crippen LogP contribution in [-0.2, 0) is 24.2 Å². The highest BCUT2D eigenvalue weighted by Crippen LogP contribution is 2.30. The lowest BCUT2D eigenvalue weighted by atomic mass is 9.89. The summed E-state index contributed by atoms with van der Waals surface area (Å²) < 4.78 is 1.44. The molecule has 10 heteroatoms. The Morgan fingerprint density at radius 1 is 0.980 bits per heavy atom.